The maximum absolute atomic E-state index is 13.0. The van der Waals surface area contributed by atoms with Crippen molar-refractivity contribution < 1.29 is 8.42 Å². The molecule has 0 bridgehead atoms. The average Bonchev–Trinajstić information content (AvgIpc) is 3.30. The van der Waals surface area contributed by atoms with Crippen LogP contribution in [0.15, 0.2) is 12.7 Å². The number of nitrogens with one attached hydrogen (secondary N) is 1. The monoisotopic (exact) mass is 315 g/mol. The van der Waals surface area contributed by atoms with Crippen molar-refractivity contribution in [2.75, 3.05) is 26.2 Å². The Morgan fingerprint density at radius 2 is 2.10 bits per heavy atom. The van der Waals surface area contributed by atoms with Gasteiger partial charge in [-0.15, -0.1) is 6.58 Å². The Kier molecular flexibility index (Phi) is 6.22. The molecule has 0 radical (unpaired) electrons. The van der Waals surface area contributed by atoms with E-state index in [-0.39, 0.29) is 12.1 Å². The molecule has 0 aromatic rings. The van der Waals surface area contributed by atoms with Gasteiger partial charge >= 0.3 is 0 Å². The molecule has 2 rings (SSSR count). The lowest BCUT2D eigenvalue weighted by Gasteiger charge is -2.38. The summed E-state index contributed by atoms with van der Waals surface area (Å²) >= 11 is 0. The molecule has 122 valence electrons. The Morgan fingerprint density at radius 1 is 1.33 bits per heavy atom. The second-order valence-electron chi connectivity index (χ2n) is 6.06. The number of hydrogen-bond donors (Lipinski definition) is 1. The van der Waals surface area contributed by atoms with Crippen LogP contribution >= 0.6 is 0 Å². The fourth-order valence-electron chi connectivity index (χ4n) is 2.98. The number of piperidine rings is 1. The highest BCUT2D eigenvalue weighted by atomic mass is 32.2. The Bertz CT molecular complexity index is 434. The maximum atomic E-state index is 13.0. The van der Waals surface area contributed by atoms with E-state index >= 15 is 0 Å². The van der Waals surface area contributed by atoms with Crippen molar-refractivity contribution in [2.24, 2.45) is 0 Å². The first kappa shape index (κ1) is 16.9. The summed E-state index contributed by atoms with van der Waals surface area (Å²) in [6.07, 6.45) is 7.79. The normalized spacial score (nSPS) is 24.4. The molecule has 1 unspecified atom stereocenters. The number of rotatable bonds is 9. The Hall–Kier alpha value is -0.430. The Labute approximate surface area is 129 Å². The summed E-state index contributed by atoms with van der Waals surface area (Å²) in [6.45, 7) is 8.63. The van der Waals surface area contributed by atoms with Gasteiger partial charge in [-0.25, -0.2) is 0 Å². The molecule has 1 aliphatic heterocycles. The van der Waals surface area contributed by atoms with E-state index in [1.54, 1.807) is 14.7 Å². The summed E-state index contributed by atoms with van der Waals surface area (Å²) in [5.74, 6) is 0. The maximum Gasteiger partial charge on any atom is 0.282 e. The van der Waals surface area contributed by atoms with Gasteiger partial charge < -0.3 is 5.32 Å². The molecule has 21 heavy (non-hydrogen) atoms. The lowest BCUT2D eigenvalue weighted by molar-refractivity contribution is 0.227. The molecule has 1 atom stereocenters. The van der Waals surface area contributed by atoms with Crippen LogP contribution < -0.4 is 5.32 Å². The molecular weight excluding hydrogens is 286 g/mol. The van der Waals surface area contributed by atoms with Gasteiger partial charge in [-0.3, -0.25) is 0 Å². The first-order valence-electron chi connectivity index (χ1n) is 8.21. The van der Waals surface area contributed by atoms with Crippen molar-refractivity contribution in [1.82, 2.24) is 13.9 Å². The molecule has 1 aliphatic carbocycles. The lowest BCUT2D eigenvalue weighted by Crippen LogP contribution is -2.54. The average molecular weight is 315 g/mol. The van der Waals surface area contributed by atoms with E-state index in [0.29, 0.717) is 13.1 Å². The molecule has 0 spiro atoms. The molecule has 2 fully saturated rings. The molecular formula is C15H29N3O2S. The minimum absolute atomic E-state index is 0.0985. The predicted molar refractivity (Wildman–Crippen MR) is 86.4 cm³/mol. The van der Waals surface area contributed by atoms with E-state index in [4.69, 9.17) is 0 Å². The third kappa shape index (κ3) is 4.28. The Morgan fingerprint density at radius 3 is 2.71 bits per heavy atom. The predicted octanol–water partition coefficient (Wildman–Crippen LogP) is 1.74. The smallest absolute Gasteiger partial charge is 0.282 e. The van der Waals surface area contributed by atoms with Gasteiger partial charge in [0, 0.05) is 31.7 Å². The second-order valence-corrected chi connectivity index (χ2v) is 7.90. The van der Waals surface area contributed by atoms with Crippen LogP contribution in [-0.2, 0) is 10.2 Å². The third-order valence-corrected chi connectivity index (χ3v) is 6.35. The topological polar surface area (TPSA) is 52.7 Å². The summed E-state index contributed by atoms with van der Waals surface area (Å²) in [4.78, 5) is 0. The van der Waals surface area contributed by atoms with Crippen LogP contribution in [0.3, 0.4) is 0 Å². The fourth-order valence-corrected chi connectivity index (χ4v) is 5.05. The van der Waals surface area contributed by atoms with Gasteiger partial charge in [0.05, 0.1) is 0 Å². The van der Waals surface area contributed by atoms with Crippen molar-refractivity contribution in [3.05, 3.63) is 12.7 Å². The third-order valence-electron chi connectivity index (χ3n) is 4.24. The van der Waals surface area contributed by atoms with Crippen LogP contribution in [-0.4, -0.2) is 55.3 Å². The molecule has 1 heterocycles. The molecule has 2 aliphatic rings. The summed E-state index contributed by atoms with van der Waals surface area (Å²) < 4.78 is 29.3. The first-order chi connectivity index (χ1) is 10.1. The summed E-state index contributed by atoms with van der Waals surface area (Å²) in [5, 5.41) is 3.38. The Balaban J connectivity index is 2.08. The van der Waals surface area contributed by atoms with E-state index < -0.39 is 10.2 Å². The van der Waals surface area contributed by atoms with Gasteiger partial charge in [0.15, 0.2) is 0 Å². The SMILES string of the molecule is C=CCN(C1CC1)S(=O)(=O)N1CCCCC1CNCCC. The molecule has 0 amide bonds. The highest BCUT2D eigenvalue weighted by Gasteiger charge is 2.42. The molecule has 0 aromatic carbocycles. The molecule has 5 nitrogen and oxygen atoms in total. The van der Waals surface area contributed by atoms with Crippen LogP contribution in [0.5, 0.6) is 0 Å². The van der Waals surface area contributed by atoms with Gasteiger partial charge in [0.2, 0.25) is 0 Å². The van der Waals surface area contributed by atoms with Crippen molar-refractivity contribution in [2.45, 2.75) is 57.5 Å². The van der Waals surface area contributed by atoms with E-state index in [0.717, 1.165) is 51.6 Å². The highest BCUT2D eigenvalue weighted by molar-refractivity contribution is 7.86. The van der Waals surface area contributed by atoms with Crippen molar-refractivity contribution >= 4 is 10.2 Å². The standard InChI is InChI=1S/C15H29N3O2S/c1-3-10-16-13-15-7-5-6-12-18(15)21(19,20)17(11-4-2)14-8-9-14/h4,14-16H,2-3,5-13H2,1H3. The minimum Gasteiger partial charge on any atom is -0.315 e. The van der Waals surface area contributed by atoms with Crippen molar-refractivity contribution in [1.29, 1.82) is 0 Å². The van der Waals surface area contributed by atoms with Crippen molar-refractivity contribution in [3.63, 3.8) is 0 Å². The molecule has 0 aromatic heterocycles. The summed E-state index contributed by atoms with van der Waals surface area (Å²) in [7, 11) is -3.35. The van der Waals surface area contributed by atoms with Crippen LogP contribution in [0.1, 0.15) is 45.4 Å². The highest BCUT2D eigenvalue weighted by Crippen LogP contribution is 2.32. The first-order valence-corrected chi connectivity index (χ1v) is 9.61. The molecule has 6 heteroatoms. The summed E-state index contributed by atoms with van der Waals surface area (Å²) in [6, 6.07) is 0.292. The minimum atomic E-state index is -3.35. The summed E-state index contributed by atoms with van der Waals surface area (Å²) in [5.41, 5.74) is 0. The van der Waals surface area contributed by atoms with Crippen LogP contribution in [0.25, 0.3) is 0 Å². The zero-order valence-electron chi connectivity index (χ0n) is 13.1. The molecule has 1 N–H and O–H groups in total. The molecule has 1 saturated carbocycles. The fraction of sp³-hybridized carbons (Fsp3) is 0.867. The van der Waals surface area contributed by atoms with Crippen molar-refractivity contribution in [3.8, 4) is 0 Å². The van der Waals surface area contributed by atoms with Gasteiger partial charge in [-0.2, -0.15) is 17.0 Å². The lowest BCUT2D eigenvalue weighted by atomic mass is 10.1. The zero-order chi connectivity index (χ0) is 15.3. The van der Waals surface area contributed by atoms with Crippen LogP contribution in [0, 0.1) is 0 Å². The zero-order valence-corrected chi connectivity index (χ0v) is 13.9. The van der Waals surface area contributed by atoms with E-state index in [9.17, 15) is 8.42 Å². The van der Waals surface area contributed by atoms with Gasteiger partial charge in [0.1, 0.15) is 0 Å². The van der Waals surface area contributed by atoms with E-state index in [2.05, 4.69) is 18.8 Å². The van der Waals surface area contributed by atoms with Crippen LogP contribution in [0.4, 0.5) is 0 Å². The second kappa shape index (κ2) is 7.72. The van der Waals surface area contributed by atoms with E-state index in [1.165, 1.54) is 0 Å². The van der Waals surface area contributed by atoms with E-state index in [1.807, 2.05) is 0 Å². The molecule has 1 saturated heterocycles. The van der Waals surface area contributed by atoms with Crippen LogP contribution in [0.2, 0.25) is 0 Å². The number of hydrogen-bond acceptors (Lipinski definition) is 3. The number of nitrogens with zero attached hydrogens (tertiary/aromatic N) is 2. The van der Waals surface area contributed by atoms with Gasteiger partial charge in [-0.05, 0) is 38.6 Å². The van der Waals surface area contributed by atoms with Gasteiger partial charge in [0.25, 0.3) is 10.2 Å². The largest absolute Gasteiger partial charge is 0.315 e. The van der Waals surface area contributed by atoms with Gasteiger partial charge in [-0.1, -0.05) is 19.4 Å². The quantitative estimate of drug-likeness (QED) is 0.521.